The molecule has 3 aromatic rings. The minimum Gasteiger partial charge on any atom is -0.496 e. The van der Waals surface area contributed by atoms with Gasteiger partial charge in [-0.05, 0) is 73.5 Å². The molecule has 0 spiro atoms. The SMILES string of the molecule is COc1cccc2c1CCCC2CN(C)CCc1ccc2[nH]c(=O)ncc2c1. The summed E-state index contributed by atoms with van der Waals surface area (Å²) in [6, 6.07) is 12.6. The highest BCUT2D eigenvalue weighted by Gasteiger charge is 2.23. The predicted molar refractivity (Wildman–Crippen MR) is 112 cm³/mol. The molecule has 1 heterocycles. The third-order valence-corrected chi connectivity index (χ3v) is 5.80. The van der Waals surface area contributed by atoms with Crippen LogP contribution in [-0.2, 0) is 12.8 Å². The molecule has 5 nitrogen and oxygen atoms in total. The van der Waals surface area contributed by atoms with Gasteiger partial charge in [0.15, 0.2) is 0 Å². The zero-order valence-electron chi connectivity index (χ0n) is 16.6. The number of likely N-dealkylation sites (N-methyl/N-ethyl adjacent to an activating group) is 1. The molecule has 1 atom stereocenters. The van der Waals surface area contributed by atoms with Crippen LogP contribution < -0.4 is 10.4 Å². The Balaban J connectivity index is 1.41. The summed E-state index contributed by atoms with van der Waals surface area (Å²) in [6.45, 7) is 2.06. The van der Waals surface area contributed by atoms with Crippen molar-refractivity contribution >= 4 is 10.9 Å². The molecule has 1 N–H and O–H groups in total. The number of nitrogens with zero attached hydrogens (tertiary/aromatic N) is 2. The van der Waals surface area contributed by atoms with Gasteiger partial charge in [-0.15, -0.1) is 0 Å². The minimum absolute atomic E-state index is 0.302. The standard InChI is InChI=1S/C23H27N3O2/c1-26(12-11-16-9-10-21-18(13-16)14-24-23(27)25-21)15-17-5-3-7-20-19(17)6-4-8-22(20)28-2/h4,6,8-10,13-14,17H,3,5,7,11-12,15H2,1-2H3,(H,24,25,27). The molecule has 0 bridgehead atoms. The normalized spacial score (nSPS) is 16.3. The number of hydrogen-bond acceptors (Lipinski definition) is 4. The van der Waals surface area contributed by atoms with Crippen molar-refractivity contribution < 1.29 is 4.74 Å². The van der Waals surface area contributed by atoms with Crippen LogP contribution in [0.1, 0.15) is 35.4 Å². The van der Waals surface area contributed by atoms with Gasteiger partial charge in [0.25, 0.3) is 0 Å². The molecule has 4 rings (SSSR count). The fraction of sp³-hybridized carbons (Fsp3) is 0.391. The predicted octanol–water partition coefficient (Wildman–Crippen LogP) is 3.53. The maximum Gasteiger partial charge on any atom is 0.345 e. The molecular formula is C23H27N3O2. The van der Waals surface area contributed by atoms with Crippen LogP contribution in [-0.4, -0.2) is 42.1 Å². The fourth-order valence-electron chi connectivity index (χ4n) is 4.35. The second kappa shape index (κ2) is 8.15. The summed E-state index contributed by atoms with van der Waals surface area (Å²) in [6.07, 6.45) is 6.20. The molecule has 0 fully saturated rings. The molecule has 0 amide bonds. The van der Waals surface area contributed by atoms with Gasteiger partial charge < -0.3 is 14.6 Å². The summed E-state index contributed by atoms with van der Waals surface area (Å²) in [7, 11) is 3.97. The summed E-state index contributed by atoms with van der Waals surface area (Å²) in [5, 5.41) is 0.980. The lowest BCUT2D eigenvalue weighted by Gasteiger charge is -2.30. The second-order valence-electron chi connectivity index (χ2n) is 7.74. The maximum absolute atomic E-state index is 11.3. The van der Waals surface area contributed by atoms with Gasteiger partial charge in [-0.3, -0.25) is 0 Å². The Bertz CT molecular complexity index is 1030. The van der Waals surface area contributed by atoms with Crippen LogP contribution in [0.4, 0.5) is 0 Å². The van der Waals surface area contributed by atoms with E-state index in [0.29, 0.717) is 5.92 Å². The Morgan fingerprint density at radius 3 is 3.04 bits per heavy atom. The van der Waals surface area contributed by atoms with Crippen molar-refractivity contribution in [3.05, 3.63) is 69.8 Å². The molecule has 1 aliphatic rings. The first-order valence-corrected chi connectivity index (χ1v) is 9.96. The Morgan fingerprint density at radius 2 is 2.18 bits per heavy atom. The van der Waals surface area contributed by atoms with Gasteiger partial charge in [0.2, 0.25) is 0 Å². The molecule has 5 heteroatoms. The van der Waals surface area contributed by atoms with Crippen molar-refractivity contribution in [2.75, 3.05) is 27.2 Å². The molecule has 1 aromatic heterocycles. The Labute approximate surface area is 165 Å². The van der Waals surface area contributed by atoms with E-state index < -0.39 is 0 Å². The van der Waals surface area contributed by atoms with Crippen LogP contribution in [0.5, 0.6) is 5.75 Å². The summed E-state index contributed by atoms with van der Waals surface area (Å²) < 4.78 is 5.57. The van der Waals surface area contributed by atoms with Gasteiger partial charge in [-0.2, -0.15) is 0 Å². The number of ether oxygens (including phenoxy) is 1. The van der Waals surface area contributed by atoms with Gasteiger partial charge in [0, 0.05) is 24.7 Å². The summed E-state index contributed by atoms with van der Waals surface area (Å²) in [5.41, 5.74) is 4.65. The largest absolute Gasteiger partial charge is 0.496 e. The van der Waals surface area contributed by atoms with Crippen molar-refractivity contribution in [2.24, 2.45) is 0 Å². The highest BCUT2D eigenvalue weighted by atomic mass is 16.5. The monoisotopic (exact) mass is 377 g/mol. The molecule has 0 saturated carbocycles. The van der Waals surface area contributed by atoms with Crippen LogP contribution in [0.25, 0.3) is 10.9 Å². The Morgan fingerprint density at radius 1 is 1.29 bits per heavy atom. The number of aromatic nitrogens is 2. The number of hydrogen-bond donors (Lipinski definition) is 1. The van der Waals surface area contributed by atoms with Gasteiger partial charge in [0.05, 0.1) is 12.6 Å². The lowest BCUT2D eigenvalue weighted by Crippen LogP contribution is -2.28. The van der Waals surface area contributed by atoms with E-state index in [0.717, 1.165) is 42.6 Å². The maximum atomic E-state index is 11.3. The third-order valence-electron chi connectivity index (χ3n) is 5.80. The van der Waals surface area contributed by atoms with Crippen LogP contribution in [0.2, 0.25) is 0 Å². The number of fused-ring (bicyclic) bond motifs is 2. The van der Waals surface area contributed by atoms with Crippen molar-refractivity contribution in [3.63, 3.8) is 0 Å². The summed E-state index contributed by atoms with van der Waals surface area (Å²) >= 11 is 0. The van der Waals surface area contributed by atoms with E-state index in [1.54, 1.807) is 13.3 Å². The van der Waals surface area contributed by atoms with Crippen LogP contribution in [0.3, 0.4) is 0 Å². The number of nitrogens with one attached hydrogen (secondary N) is 1. The average Bonchev–Trinajstić information content (AvgIpc) is 2.72. The molecule has 0 saturated heterocycles. The topological polar surface area (TPSA) is 58.2 Å². The van der Waals surface area contributed by atoms with E-state index in [1.165, 1.54) is 29.5 Å². The van der Waals surface area contributed by atoms with Crippen molar-refractivity contribution in [3.8, 4) is 5.75 Å². The van der Waals surface area contributed by atoms with Crippen LogP contribution >= 0.6 is 0 Å². The van der Waals surface area contributed by atoms with Gasteiger partial charge in [-0.25, -0.2) is 9.78 Å². The first-order chi connectivity index (χ1) is 13.6. The average molecular weight is 377 g/mol. The van der Waals surface area contributed by atoms with E-state index in [-0.39, 0.29) is 5.69 Å². The zero-order chi connectivity index (χ0) is 19.5. The number of rotatable bonds is 6. The molecule has 0 radical (unpaired) electrons. The lowest BCUT2D eigenvalue weighted by atomic mass is 9.82. The van der Waals surface area contributed by atoms with E-state index in [9.17, 15) is 4.79 Å². The van der Waals surface area contributed by atoms with Crippen LogP contribution in [0, 0.1) is 0 Å². The smallest absolute Gasteiger partial charge is 0.345 e. The first kappa shape index (κ1) is 18.7. The number of methoxy groups -OCH3 is 1. The number of benzene rings is 2. The summed E-state index contributed by atoms with van der Waals surface area (Å²) in [4.78, 5) is 20.3. The molecule has 1 aliphatic carbocycles. The quantitative estimate of drug-likeness (QED) is 0.714. The summed E-state index contributed by atoms with van der Waals surface area (Å²) in [5.74, 6) is 1.60. The highest BCUT2D eigenvalue weighted by Crippen LogP contribution is 2.36. The first-order valence-electron chi connectivity index (χ1n) is 9.96. The van der Waals surface area contributed by atoms with E-state index in [4.69, 9.17) is 4.74 Å². The molecular weight excluding hydrogens is 350 g/mol. The Hall–Kier alpha value is -2.66. The van der Waals surface area contributed by atoms with Gasteiger partial charge in [0.1, 0.15) is 5.75 Å². The molecule has 2 aromatic carbocycles. The van der Waals surface area contributed by atoms with E-state index in [1.807, 2.05) is 6.07 Å². The second-order valence-corrected chi connectivity index (χ2v) is 7.74. The number of H-pyrrole nitrogens is 1. The van der Waals surface area contributed by atoms with Crippen molar-refractivity contribution in [1.82, 2.24) is 14.9 Å². The Kier molecular flexibility index (Phi) is 5.44. The molecule has 28 heavy (non-hydrogen) atoms. The highest BCUT2D eigenvalue weighted by molar-refractivity contribution is 5.77. The fourth-order valence-corrected chi connectivity index (χ4v) is 4.35. The zero-order valence-corrected chi connectivity index (χ0v) is 16.6. The van der Waals surface area contributed by atoms with Gasteiger partial charge >= 0.3 is 5.69 Å². The van der Waals surface area contributed by atoms with Crippen LogP contribution in [0.15, 0.2) is 47.4 Å². The molecule has 0 aliphatic heterocycles. The van der Waals surface area contributed by atoms with Gasteiger partial charge in [-0.1, -0.05) is 18.2 Å². The molecule has 1 unspecified atom stereocenters. The minimum atomic E-state index is -0.302. The number of aromatic amines is 1. The third kappa shape index (κ3) is 3.94. The van der Waals surface area contributed by atoms with Crippen molar-refractivity contribution in [1.29, 1.82) is 0 Å². The van der Waals surface area contributed by atoms with Crippen molar-refractivity contribution in [2.45, 2.75) is 31.6 Å². The van der Waals surface area contributed by atoms with E-state index in [2.05, 4.69) is 52.2 Å². The lowest BCUT2D eigenvalue weighted by molar-refractivity contribution is 0.299. The van der Waals surface area contributed by atoms with E-state index >= 15 is 0 Å². The molecule has 146 valence electrons.